The van der Waals surface area contributed by atoms with Gasteiger partial charge in [0.25, 0.3) is 0 Å². The summed E-state index contributed by atoms with van der Waals surface area (Å²) >= 11 is 0. The Morgan fingerprint density at radius 1 is 1.10 bits per heavy atom. The summed E-state index contributed by atoms with van der Waals surface area (Å²) in [5, 5.41) is 0. The molecular weight excluding hydrogens is 250 g/mol. The smallest absolute Gasteiger partial charge is 0.248 e. The molecule has 0 fully saturated rings. The van der Waals surface area contributed by atoms with Crippen LogP contribution >= 0.6 is 0 Å². The molecule has 1 amide bonds. The fraction of sp³-hybridized carbons (Fsp3) is 0.235. The zero-order valence-corrected chi connectivity index (χ0v) is 12.1. The molecule has 104 valence electrons. The van der Waals surface area contributed by atoms with E-state index >= 15 is 0 Å². The van der Waals surface area contributed by atoms with Crippen LogP contribution < -0.4 is 10.5 Å². The number of nitrogens with two attached hydrogens (primary N) is 1. The molecule has 0 bridgehead atoms. The minimum absolute atomic E-state index is 0.407. The van der Waals surface area contributed by atoms with E-state index in [0.717, 1.165) is 22.4 Å². The number of carbonyl (C=O) groups is 1. The van der Waals surface area contributed by atoms with Crippen LogP contribution in [0.3, 0.4) is 0 Å². The Morgan fingerprint density at radius 2 is 1.85 bits per heavy atom. The normalized spacial score (nSPS) is 10.3. The molecule has 0 spiro atoms. The quantitative estimate of drug-likeness (QED) is 0.926. The molecule has 2 N–H and O–H groups in total. The number of aryl methyl sites for hydroxylation is 2. The van der Waals surface area contributed by atoms with Gasteiger partial charge in [-0.2, -0.15) is 0 Å². The molecule has 0 aliphatic carbocycles. The molecule has 0 radical (unpaired) electrons. The van der Waals surface area contributed by atoms with Crippen molar-refractivity contribution >= 4 is 5.91 Å². The Kier molecular flexibility index (Phi) is 4.08. The minimum atomic E-state index is -0.407. The van der Waals surface area contributed by atoms with Crippen molar-refractivity contribution in [1.82, 2.24) is 0 Å². The van der Waals surface area contributed by atoms with E-state index in [1.54, 1.807) is 12.1 Å². The van der Waals surface area contributed by atoms with E-state index in [1.165, 1.54) is 5.56 Å². The van der Waals surface area contributed by atoms with Crippen LogP contribution in [0.15, 0.2) is 36.4 Å². The maximum absolute atomic E-state index is 11.1. The Hall–Kier alpha value is -2.29. The van der Waals surface area contributed by atoms with Crippen molar-refractivity contribution in [3.05, 3.63) is 64.2 Å². The maximum Gasteiger partial charge on any atom is 0.248 e. The third-order valence-electron chi connectivity index (χ3n) is 3.57. The second-order valence-corrected chi connectivity index (χ2v) is 4.99. The van der Waals surface area contributed by atoms with Gasteiger partial charge in [-0.3, -0.25) is 4.79 Å². The summed E-state index contributed by atoms with van der Waals surface area (Å²) in [5.74, 6) is 0.485. The molecule has 0 saturated heterocycles. The summed E-state index contributed by atoms with van der Waals surface area (Å²) in [6.07, 6.45) is 0. The van der Waals surface area contributed by atoms with Gasteiger partial charge in [0.15, 0.2) is 0 Å². The van der Waals surface area contributed by atoms with E-state index in [-0.39, 0.29) is 0 Å². The Morgan fingerprint density at radius 3 is 2.50 bits per heavy atom. The standard InChI is InChI=1S/C17H19NO2/c1-11-5-4-6-16(13(11)3)20-10-15-8-7-14(17(18)19)9-12(15)2/h4-9H,10H2,1-3H3,(H2,18,19). The summed E-state index contributed by atoms with van der Waals surface area (Å²) in [5.41, 5.74) is 10.2. The van der Waals surface area contributed by atoms with Crippen molar-refractivity contribution in [2.45, 2.75) is 27.4 Å². The molecule has 0 aromatic heterocycles. The zero-order valence-electron chi connectivity index (χ0n) is 12.1. The summed E-state index contributed by atoms with van der Waals surface area (Å²) in [6.45, 7) is 6.55. The van der Waals surface area contributed by atoms with Crippen molar-refractivity contribution in [2.75, 3.05) is 0 Å². The number of hydrogen-bond acceptors (Lipinski definition) is 2. The van der Waals surface area contributed by atoms with Crippen molar-refractivity contribution in [3.8, 4) is 5.75 Å². The molecule has 2 aromatic carbocycles. The number of amides is 1. The van der Waals surface area contributed by atoms with Crippen LogP contribution in [-0.2, 0) is 6.61 Å². The van der Waals surface area contributed by atoms with E-state index in [1.807, 2.05) is 32.0 Å². The van der Waals surface area contributed by atoms with Gasteiger partial charge in [-0.25, -0.2) is 0 Å². The van der Waals surface area contributed by atoms with Crippen molar-refractivity contribution < 1.29 is 9.53 Å². The van der Waals surface area contributed by atoms with Gasteiger partial charge >= 0.3 is 0 Å². The summed E-state index contributed by atoms with van der Waals surface area (Å²) in [7, 11) is 0. The highest BCUT2D eigenvalue weighted by molar-refractivity contribution is 5.93. The highest BCUT2D eigenvalue weighted by Crippen LogP contribution is 2.22. The lowest BCUT2D eigenvalue weighted by molar-refractivity contribution is 0.1000. The first-order valence-corrected chi connectivity index (χ1v) is 6.57. The fourth-order valence-electron chi connectivity index (χ4n) is 2.05. The number of primary amides is 1. The lowest BCUT2D eigenvalue weighted by atomic mass is 10.1. The molecule has 3 nitrogen and oxygen atoms in total. The topological polar surface area (TPSA) is 52.3 Å². The SMILES string of the molecule is Cc1cc(C(N)=O)ccc1COc1cccc(C)c1C. The van der Waals surface area contributed by atoms with Crippen molar-refractivity contribution in [1.29, 1.82) is 0 Å². The highest BCUT2D eigenvalue weighted by Gasteiger charge is 2.06. The summed E-state index contributed by atoms with van der Waals surface area (Å²) in [4.78, 5) is 11.1. The maximum atomic E-state index is 11.1. The number of ether oxygens (including phenoxy) is 1. The number of hydrogen-bond donors (Lipinski definition) is 1. The lowest BCUT2D eigenvalue weighted by Gasteiger charge is -2.12. The average molecular weight is 269 g/mol. The van der Waals surface area contributed by atoms with Gasteiger partial charge < -0.3 is 10.5 Å². The van der Waals surface area contributed by atoms with Crippen LogP contribution in [0.2, 0.25) is 0 Å². The van der Waals surface area contributed by atoms with Gasteiger partial charge in [0.2, 0.25) is 5.91 Å². The molecule has 0 heterocycles. The molecule has 0 atom stereocenters. The van der Waals surface area contributed by atoms with E-state index in [0.29, 0.717) is 12.2 Å². The molecule has 2 aromatic rings. The third kappa shape index (κ3) is 2.99. The van der Waals surface area contributed by atoms with Crippen LogP contribution in [0.1, 0.15) is 32.6 Å². The van der Waals surface area contributed by atoms with Gasteiger partial charge in [-0.1, -0.05) is 18.2 Å². The molecule has 0 aliphatic rings. The molecule has 2 rings (SSSR count). The van der Waals surface area contributed by atoms with Gasteiger partial charge in [0.1, 0.15) is 12.4 Å². The van der Waals surface area contributed by atoms with Crippen LogP contribution in [0.25, 0.3) is 0 Å². The fourth-order valence-corrected chi connectivity index (χ4v) is 2.05. The van der Waals surface area contributed by atoms with Crippen molar-refractivity contribution in [3.63, 3.8) is 0 Å². The van der Waals surface area contributed by atoms with Crippen LogP contribution in [-0.4, -0.2) is 5.91 Å². The van der Waals surface area contributed by atoms with Gasteiger partial charge in [0.05, 0.1) is 0 Å². The minimum Gasteiger partial charge on any atom is -0.489 e. The predicted molar refractivity (Wildman–Crippen MR) is 79.9 cm³/mol. The zero-order chi connectivity index (χ0) is 14.7. The molecule has 20 heavy (non-hydrogen) atoms. The van der Waals surface area contributed by atoms with Gasteiger partial charge in [-0.15, -0.1) is 0 Å². The number of rotatable bonds is 4. The molecule has 0 saturated carbocycles. The number of benzene rings is 2. The average Bonchev–Trinajstić information content (AvgIpc) is 2.41. The first kappa shape index (κ1) is 14.1. The largest absolute Gasteiger partial charge is 0.489 e. The van der Waals surface area contributed by atoms with E-state index in [9.17, 15) is 4.79 Å². The third-order valence-corrected chi connectivity index (χ3v) is 3.57. The van der Waals surface area contributed by atoms with Crippen LogP contribution in [0.4, 0.5) is 0 Å². The van der Waals surface area contributed by atoms with Gasteiger partial charge in [-0.05, 0) is 61.2 Å². The van der Waals surface area contributed by atoms with Gasteiger partial charge in [0, 0.05) is 5.56 Å². The number of carbonyl (C=O) groups excluding carboxylic acids is 1. The molecule has 3 heteroatoms. The van der Waals surface area contributed by atoms with E-state index in [2.05, 4.69) is 13.0 Å². The van der Waals surface area contributed by atoms with Crippen molar-refractivity contribution in [2.24, 2.45) is 5.73 Å². The van der Waals surface area contributed by atoms with Crippen LogP contribution in [0, 0.1) is 20.8 Å². The Bertz CT molecular complexity index is 647. The Labute approximate surface area is 119 Å². The first-order valence-electron chi connectivity index (χ1n) is 6.57. The molecular formula is C17H19NO2. The van der Waals surface area contributed by atoms with E-state index < -0.39 is 5.91 Å². The first-order chi connectivity index (χ1) is 9.49. The molecule has 0 aliphatic heterocycles. The second-order valence-electron chi connectivity index (χ2n) is 4.99. The van der Waals surface area contributed by atoms with E-state index in [4.69, 9.17) is 10.5 Å². The monoisotopic (exact) mass is 269 g/mol. The molecule has 0 unspecified atom stereocenters. The Balaban J connectivity index is 2.15. The summed E-state index contributed by atoms with van der Waals surface area (Å²) in [6, 6.07) is 11.4. The highest BCUT2D eigenvalue weighted by atomic mass is 16.5. The van der Waals surface area contributed by atoms with Crippen LogP contribution in [0.5, 0.6) is 5.75 Å². The predicted octanol–water partition coefficient (Wildman–Crippen LogP) is 3.29. The second kappa shape index (κ2) is 5.78. The summed E-state index contributed by atoms with van der Waals surface area (Å²) < 4.78 is 5.87. The lowest BCUT2D eigenvalue weighted by Crippen LogP contribution is -2.11.